The quantitative estimate of drug-likeness (QED) is 0.768. The third-order valence-corrected chi connectivity index (χ3v) is 5.53. The summed E-state index contributed by atoms with van der Waals surface area (Å²) in [5.74, 6) is -0.427. The van der Waals surface area contributed by atoms with E-state index in [1.165, 1.54) is 12.1 Å². The minimum atomic E-state index is -3.72. The highest BCUT2D eigenvalue weighted by atomic mass is 79.9. The Labute approximate surface area is 157 Å². The third-order valence-electron chi connectivity index (χ3n) is 3.58. The van der Waals surface area contributed by atoms with Crippen molar-refractivity contribution >= 4 is 37.5 Å². The smallest absolute Gasteiger partial charge is 0.241 e. The number of anilines is 1. The fourth-order valence-electron chi connectivity index (χ4n) is 2.12. The number of hydrogen-bond acceptors (Lipinski definition) is 3. The molecule has 0 bridgehead atoms. The number of carbonyl (C=O) groups is 1. The lowest BCUT2D eigenvalue weighted by molar-refractivity contribution is -0.115. The third kappa shape index (κ3) is 5.66. The molecule has 1 amide bonds. The van der Waals surface area contributed by atoms with Gasteiger partial charge in [-0.2, -0.15) is 0 Å². The SMILES string of the molecule is CC(C)(C)c1ccc(NC(=O)CNS(=O)(=O)c2ccc(Br)cc2)cc1. The van der Waals surface area contributed by atoms with Gasteiger partial charge >= 0.3 is 0 Å². The Kier molecular flexibility index (Phi) is 6.03. The Morgan fingerprint density at radius 1 is 1.00 bits per heavy atom. The highest BCUT2D eigenvalue weighted by Crippen LogP contribution is 2.23. The lowest BCUT2D eigenvalue weighted by Crippen LogP contribution is -2.32. The van der Waals surface area contributed by atoms with Crippen LogP contribution in [0.2, 0.25) is 0 Å². The number of nitrogens with one attached hydrogen (secondary N) is 2. The van der Waals surface area contributed by atoms with Gasteiger partial charge in [0.25, 0.3) is 0 Å². The van der Waals surface area contributed by atoms with Crippen LogP contribution in [0.1, 0.15) is 26.3 Å². The molecule has 0 spiro atoms. The maximum absolute atomic E-state index is 12.1. The normalized spacial score (nSPS) is 12.0. The summed E-state index contributed by atoms with van der Waals surface area (Å²) in [7, 11) is -3.72. The monoisotopic (exact) mass is 424 g/mol. The van der Waals surface area contributed by atoms with Gasteiger partial charge in [-0.05, 0) is 47.4 Å². The van der Waals surface area contributed by atoms with E-state index in [4.69, 9.17) is 0 Å². The Hall–Kier alpha value is -1.70. The maximum Gasteiger partial charge on any atom is 0.241 e. The van der Waals surface area contributed by atoms with Crippen molar-refractivity contribution in [1.29, 1.82) is 0 Å². The summed E-state index contributed by atoms with van der Waals surface area (Å²) >= 11 is 3.25. The van der Waals surface area contributed by atoms with Crippen molar-refractivity contribution in [2.24, 2.45) is 0 Å². The van der Waals surface area contributed by atoms with Crippen molar-refractivity contribution in [3.63, 3.8) is 0 Å². The summed E-state index contributed by atoms with van der Waals surface area (Å²) in [4.78, 5) is 12.1. The number of halogens is 1. The molecule has 0 aromatic heterocycles. The van der Waals surface area contributed by atoms with E-state index in [2.05, 4.69) is 46.7 Å². The second-order valence-electron chi connectivity index (χ2n) is 6.65. The molecular formula is C18H21BrN2O3S. The predicted molar refractivity (Wildman–Crippen MR) is 103 cm³/mol. The van der Waals surface area contributed by atoms with Crippen LogP contribution in [-0.2, 0) is 20.2 Å². The van der Waals surface area contributed by atoms with Crippen molar-refractivity contribution in [2.45, 2.75) is 31.1 Å². The summed E-state index contributed by atoms with van der Waals surface area (Å²) in [6.07, 6.45) is 0. The number of rotatable bonds is 5. The van der Waals surface area contributed by atoms with E-state index < -0.39 is 15.9 Å². The molecule has 0 aliphatic rings. The summed E-state index contributed by atoms with van der Waals surface area (Å²) < 4.78 is 27.4. The predicted octanol–water partition coefficient (Wildman–Crippen LogP) is 3.66. The van der Waals surface area contributed by atoms with E-state index in [0.29, 0.717) is 5.69 Å². The average molecular weight is 425 g/mol. The van der Waals surface area contributed by atoms with Crippen LogP contribution in [0.25, 0.3) is 0 Å². The molecular weight excluding hydrogens is 404 g/mol. The zero-order valence-corrected chi connectivity index (χ0v) is 16.7. The summed E-state index contributed by atoms with van der Waals surface area (Å²) in [6, 6.07) is 13.7. The molecule has 0 saturated carbocycles. The molecule has 134 valence electrons. The molecule has 0 unspecified atom stereocenters. The first-order valence-corrected chi connectivity index (χ1v) is 10.0. The van der Waals surface area contributed by atoms with Gasteiger partial charge in [-0.25, -0.2) is 13.1 Å². The largest absolute Gasteiger partial charge is 0.325 e. The van der Waals surface area contributed by atoms with Crippen molar-refractivity contribution < 1.29 is 13.2 Å². The van der Waals surface area contributed by atoms with Crippen LogP contribution in [-0.4, -0.2) is 20.9 Å². The first kappa shape index (κ1) is 19.6. The topological polar surface area (TPSA) is 75.3 Å². The minimum absolute atomic E-state index is 0.0306. The first-order valence-electron chi connectivity index (χ1n) is 7.73. The Morgan fingerprint density at radius 2 is 1.56 bits per heavy atom. The summed E-state index contributed by atoms with van der Waals surface area (Å²) in [5, 5.41) is 2.68. The zero-order valence-electron chi connectivity index (χ0n) is 14.3. The molecule has 0 aliphatic carbocycles. The van der Waals surface area contributed by atoms with Crippen LogP contribution in [0.4, 0.5) is 5.69 Å². The summed E-state index contributed by atoms with van der Waals surface area (Å²) in [5.41, 5.74) is 1.81. The highest BCUT2D eigenvalue weighted by molar-refractivity contribution is 9.10. The van der Waals surface area contributed by atoms with Gasteiger partial charge in [-0.1, -0.05) is 48.8 Å². The van der Waals surface area contributed by atoms with E-state index in [-0.39, 0.29) is 16.9 Å². The maximum atomic E-state index is 12.1. The van der Waals surface area contributed by atoms with Crippen LogP contribution in [0.3, 0.4) is 0 Å². The standard InChI is InChI=1S/C18H21BrN2O3S/c1-18(2,3)13-4-8-15(9-5-13)21-17(22)12-20-25(23,24)16-10-6-14(19)7-11-16/h4-11,20H,12H2,1-3H3,(H,21,22). The van der Waals surface area contributed by atoms with Gasteiger partial charge in [0.05, 0.1) is 11.4 Å². The fourth-order valence-corrected chi connectivity index (χ4v) is 3.36. The van der Waals surface area contributed by atoms with Crippen LogP contribution < -0.4 is 10.0 Å². The van der Waals surface area contributed by atoms with Crippen LogP contribution in [0.5, 0.6) is 0 Å². The number of amides is 1. The first-order chi connectivity index (χ1) is 11.6. The molecule has 2 aromatic rings. The van der Waals surface area contributed by atoms with Crippen LogP contribution >= 0.6 is 15.9 Å². The Bertz CT molecular complexity index is 839. The summed E-state index contributed by atoms with van der Waals surface area (Å²) in [6.45, 7) is 5.99. The lowest BCUT2D eigenvalue weighted by atomic mass is 9.87. The molecule has 25 heavy (non-hydrogen) atoms. The van der Waals surface area contributed by atoms with E-state index >= 15 is 0 Å². The average Bonchev–Trinajstić information content (AvgIpc) is 2.53. The van der Waals surface area contributed by atoms with E-state index in [1.807, 2.05) is 24.3 Å². The highest BCUT2D eigenvalue weighted by Gasteiger charge is 2.16. The van der Waals surface area contributed by atoms with Crippen molar-refractivity contribution in [3.05, 3.63) is 58.6 Å². The number of benzene rings is 2. The second kappa shape index (κ2) is 7.68. The molecule has 2 rings (SSSR count). The minimum Gasteiger partial charge on any atom is -0.325 e. The van der Waals surface area contributed by atoms with Gasteiger partial charge in [-0.15, -0.1) is 0 Å². The molecule has 0 aliphatic heterocycles. The molecule has 2 N–H and O–H groups in total. The second-order valence-corrected chi connectivity index (χ2v) is 9.34. The molecule has 0 radical (unpaired) electrons. The van der Waals surface area contributed by atoms with Crippen molar-refractivity contribution in [1.82, 2.24) is 4.72 Å². The molecule has 0 fully saturated rings. The Balaban J connectivity index is 1.95. The fraction of sp³-hybridized carbons (Fsp3) is 0.278. The van der Waals surface area contributed by atoms with Crippen LogP contribution in [0.15, 0.2) is 57.9 Å². The lowest BCUT2D eigenvalue weighted by Gasteiger charge is -2.19. The van der Waals surface area contributed by atoms with E-state index in [0.717, 1.165) is 10.0 Å². The van der Waals surface area contributed by atoms with Crippen LogP contribution in [0, 0.1) is 0 Å². The Morgan fingerprint density at radius 3 is 2.08 bits per heavy atom. The van der Waals surface area contributed by atoms with Gasteiger partial charge in [-0.3, -0.25) is 4.79 Å². The van der Waals surface area contributed by atoms with Crippen molar-refractivity contribution in [2.75, 3.05) is 11.9 Å². The van der Waals surface area contributed by atoms with Gasteiger partial charge in [0.15, 0.2) is 0 Å². The molecule has 0 heterocycles. The van der Waals surface area contributed by atoms with E-state index in [1.54, 1.807) is 12.1 Å². The molecule has 2 aromatic carbocycles. The van der Waals surface area contributed by atoms with Crippen molar-refractivity contribution in [3.8, 4) is 0 Å². The van der Waals surface area contributed by atoms with Gasteiger partial charge in [0.2, 0.25) is 15.9 Å². The number of sulfonamides is 1. The number of carbonyl (C=O) groups excluding carboxylic acids is 1. The zero-order chi connectivity index (χ0) is 18.7. The molecule has 0 saturated heterocycles. The number of hydrogen-bond donors (Lipinski definition) is 2. The molecule has 0 atom stereocenters. The molecule has 5 nitrogen and oxygen atoms in total. The van der Waals surface area contributed by atoms with Gasteiger partial charge in [0, 0.05) is 10.2 Å². The van der Waals surface area contributed by atoms with E-state index in [9.17, 15) is 13.2 Å². The molecule has 7 heteroatoms. The van der Waals surface area contributed by atoms with Gasteiger partial charge < -0.3 is 5.32 Å². The van der Waals surface area contributed by atoms with Gasteiger partial charge in [0.1, 0.15) is 0 Å².